The minimum Gasteiger partial charge on any atom is -0.508 e. The number of methoxy groups -OCH3 is 2. The van der Waals surface area contributed by atoms with Crippen LogP contribution in [0.2, 0.25) is 15.1 Å². The lowest BCUT2D eigenvalue weighted by atomic mass is 9.49. The Morgan fingerprint density at radius 2 is 1.47 bits per heavy atom. The summed E-state index contributed by atoms with van der Waals surface area (Å²) in [4.78, 5) is 64.0. The predicted molar refractivity (Wildman–Crippen MR) is 202 cm³/mol. The van der Waals surface area contributed by atoms with Crippen molar-refractivity contribution >= 4 is 69.9 Å². The van der Waals surface area contributed by atoms with Crippen LogP contribution in [0.25, 0.3) is 0 Å². The summed E-state index contributed by atoms with van der Waals surface area (Å²) in [6.45, 7) is 0. The Labute approximate surface area is 337 Å². The molecule has 2 aliphatic carbocycles. The third-order valence-electron chi connectivity index (χ3n) is 11.5. The van der Waals surface area contributed by atoms with Gasteiger partial charge in [0.1, 0.15) is 17.2 Å². The molecule has 2 saturated heterocycles. The Kier molecular flexibility index (Phi) is 9.44. The maximum atomic E-state index is 15.5. The minimum atomic E-state index is -4.78. The van der Waals surface area contributed by atoms with Crippen LogP contribution in [-0.4, -0.2) is 52.9 Å². The van der Waals surface area contributed by atoms with E-state index in [1.54, 1.807) is 48.5 Å². The van der Waals surface area contributed by atoms with Gasteiger partial charge in [0.15, 0.2) is 5.82 Å². The number of fused-ring (bicyclic) bond motifs is 4. The van der Waals surface area contributed by atoms with Crippen molar-refractivity contribution in [1.82, 2.24) is 9.99 Å². The van der Waals surface area contributed by atoms with E-state index in [-0.39, 0.29) is 35.7 Å². The number of rotatable bonds is 7. The lowest BCUT2D eigenvalue weighted by Crippen LogP contribution is -2.53. The molecule has 0 bridgehead atoms. The topological polar surface area (TPSA) is 138 Å². The number of imide groups is 2. The molecule has 6 atom stereocenters. The zero-order valence-corrected chi connectivity index (χ0v) is 32.1. The summed E-state index contributed by atoms with van der Waals surface area (Å²) in [7, 11) is 2.71. The van der Waals surface area contributed by atoms with Crippen LogP contribution in [0.3, 0.4) is 0 Å². The number of ether oxygens (including phenoxy) is 2. The first-order valence-corrected chi connectivity index (χ1v) is 18.7. The van der Waals surface area contributed by atoms with Gasteiger partial charge in [-0.05, 0) is 66.8 Å². The van der Waals surface area contributed by atoms with Gasteiger partial charge in [-0.2, -0.15) is 18.2 Å². The van der Waals surface area contributed by atoms with Gasteiger partial charge in [0, 0.05) is 39.9 Å². The van der Waals surface area contributed by atoms with Gasteiger partial charge in [-0.3, -0.25) is 29.5 Å². The Bertz CT molecular complexity index is 2370. The normalized spacial score (nSPS) is 25.5. The van der Waals surface area contributed by atoms with Crippen LogP contribution in [0.1, 0.15) is 35.4 Å². The zero-order chi connectivity index (χ0) is 40.7. The number of carbonyl (C=O) groups is 4. The average Bonchev–Trinajstić information content (AvgIpc) is 3.56. The molecule has 3 fully saturated rings. The van der Waals surface area contributed by atoms with Crippen LogP contribution in [0.4, 0.5) is 24.7 Å². The first-order chi connectivity index (χ1) is 27.1. The molecule has 17 heteroatoms. The zero-order valence-electron chi connectivity index (χ0n) is 29.8. The molecule has 11 nitrogen and oxygen atoms in total. The monoisotopic (exact) mass is 840 g/mol. The number of hydrogen-bond acceptors (Lipinski definition) is 9. The number of anilines is 2. The molecular weight excluding hydrogens is 812 g/mol. The number of nitrogens with zero attached hydrogens (tertiary/aromatic N) is 3. The summed E-state index contributed by atoms with van der Waals surface area (Å²) < 4.78 is 52.3. The number of carbonyl (C=O) groups excluding carboxylic acids is 4. The number of aromatic hydroxyl groups is 1. The number of hydrogen-bond donors (Lipinski definition) is 2. The molecule has 3 aromatic carbocycles. The molecule has 0 spiro atoms. The van der Waals surface area contributed by atoms with Crippen LogP contribution >= 0.6 is 34.8 Å². The highest BCUT2D eigenvalue weighted by molar-refractivity contribution is 6.33. The van der Waals surface area contributed by atoms with E-state index in [4.69, 9.17) is 44.3 Å². The summed E-state index contributed by atoms with van der Waals surface area (Å²) in [5.74, 6) is -8.08. The number of hydrazine groups is 1. The Morgan fingerprint density at radius 1 is 0.860 bits per heavy atom. The quantitative estimate of drug-likeness (QED) is 0.140. The van der Waals surface area contributed by atoms with Gasteiger partial charge in [0.25, 0.3) is 11.8 Å². The van der Waals surface area contributed by atoms with Gasteiger partial charge in [-0.1, -0.05) is 58.6 Å². The van der Waals surface area contributed by atoms with Crippen LogP contribution < -0.4 is 19.8 Å². The molecule has 6 unspecified atom stereocenters. The van der Waals surface area contributed by atoms with Gasteiger partial charge in [0.2, 0.25) is 11.8 Å². The van der Waals surface area contributed by atoms with Gasteiger partial charge in [-0.15, -0.1) is 0 Å². The van der Waals surface area contributed by atoms with E-state index in [1.807, 2.05) is 6.08 Å². The summed E-state index contributed by atoms with van der Waals surface area (Å²) in [5, 5.41) is 11.6. The van der Waals surface area contributed by atoms with Crippen molar-refractivity contribution in [2.45, 2.75) is 30.4 Å². The van der Waals surface area contributed by atoms with Gasteiger partial charge >= 0.3 is 6.18 Å². The standard InChI is InChI=1S/C40H30Cl3F3N4O7/c1-56-29-14-23(51)15-30(57-2)32(29)33-24-11-12-25-31(37(54)49(35(25)52)22-9-7-21(42)8-10-22)26(24)16-27-36(53)50(38(55)39(27,33)18-3-5-20(41)6-4-18)48-34-28(43)13-19(17-47-34)40(44,45)46/h3-11,13-15,17,25-27,31,33,51H,12,16H2,1-2H3,(H,47,48). The SMILES string of the molecule is COc1cc(O)cc(OC)c1C1C2=CCC3C(=O)N(c4ccc(Cl)cc4)C(=O)C3C2CC2C(=O)N(Nc3ncc(C(F)(F)F)cc3Cl)C(=O)C21c1ccc(Cl)cc1. The lowest BCUT2D eigenvalue weighted by Gasteiger charge is -2.51. The number of phenolic OH excluding ortho intramolecular Hbond substituents is 1. The maximum absolute atomic E-state index is 15.5. The number of amides is 4. The number of allylic oxidation sites excluding steroid dienone is 2. The summed E-state index contributed by atoms with van der Waals surface area (Å²) >= 11 is 18.8. The van der Waals surface area contributed by atoms with Crippen molar-refractivity contribution in [3.63, 3.8) is 0 Å². The van der Waals surface area contributed by atoms with Gasteiger partial charge in [-0.25, -0.2) is 4.98 Å². The van der Waals surface area contributed by atoms with Crippen LogP contribution in [0.5, 0.6) is 17.2 Å². The molecule has 3 heterocycles. The van der Waals surface area contributed by atoms with E-state index < -0.39 is 81.2 Å². The van der Waals surface area contributed by atoms with E-state index in [0.717, 1.165) is 4.90 Å². The second-order valence-electron chi connectivity index (χ2n) is 14.2. The molecule has 1 aromatic heterocycles. The first-order valence-electron chi connectivity index (χ1n) is 17.5. The third kappa shape index (κ3) is 5.90. The second kappa shape index (κ2) is 14.0. The smallest absolute Gasteiger partial charge is 0.417 e. The maximum Gasteiger partial charge on any atom is 0.417 e. The summed E-state index contributed by atoms with van der Waals surface area (Å²) in [5.41, 5.74) is 1.02. The van der Waals surface area contributed by atoms with E-state index in [2.05, 4.69) is 10.4 Å². The number of aromatic nitrogens is 1. The number of nitrogens with one attached hydrogen (secondary N) is 1. The molecule has 2 N–H and O–H groups in total. The molecule has 57 heavy (non-hydrogen) atoms. The molecule has 4 amide bonds. The van der Waals surface area contributed by atoms with Crippen LogP contribution in [-0.2, 0) is 30.8 Å². The predicted octanol–water partition coefficient (Wildman–Crippen LogP) is 7.97. The van der Waals surface area contributed by atoms with Crippen molar-refractivity contribution < 1.29 is 46.9 Å². The Hall–Kier alpha value is -5.31. The molecule has 4 aromatic rings. The first kappa shape index (κ1) is 38.6. The molecule has 1 saturated carbocycles. The fraction of sp³-hybridized carbons (Fsp3) is 0.275. The number of halogens is 6. The summed E-state index contributed by atoms with van der Waals surface area (Å²) in [6.07, 6.45) is -2.46. The lowest BCUT2D eigenvalue weighted by molar-refractivity contribution is -0.139. The van der Waals surface area contributed by atoms with E-state index >= 15 is 4.79 Å². The van der Waals surface area contributed by atoms with Crippen molar-refractivity contribution in [3.05, 3.63) is 116 Å². The molecule has 0 radical (unpaired) electrons. The van der Waals surface area contributed by atoms with E-state index in [9.17, 15) is 32.7 Å². The third-order valence-corrected chi connectivity index (χ3v) is 12.3. The van der Waals surface area contributed by atoms with Crippen molar-refractivity contribution in [2.24, 2.45) is 23.7 Å². The molecule has 2 aliphatic heterocycles. The molecular formula is C40H30Cl3F3N4O7. The van der Waals surface area contributed by atoms with Gasteiger partial charge in [0.05, 0.1) is 53.7 Å². The Morgan fingerprint density at radius 3 is 2.05 bits per heavy atom. The van der Waals surface area contributed by atoms with Crippen LogP contribution in [0, 0.1) is 23.7 Å². The number of pyridine rings is 1. The van der Waals surface area contributed by atoms with E-state index in [1.165, 1.54) is 26.4 Å². The highest BCUT2D eigenvalue weighted by atomic mass is 35.5. The van der Waals surface area contributed by atoms with E-state index in [0.29, 0.717) is 44.1 Å². The highest BCUT2D eigenvalue weighted by Crippen LogP contribution is 2.66. The fourth-order valence-electron chi connectivity index (χ4n) is 9.15. The average molecular weight is 842 g/mol. The fourth-order valence-corrected chi connectivity index (χ4v) is 9.61. The van der Waals surface area contributed by atoms with Crippen molar-refractivity contribution in [3.8, 4) is 17.2 Å². The number of alkyl halides is 3. The minimum absolute atomic E-state index is 0.0864. The van der Waals surface area contributed by atoms with Crippen molar-refractivity contribution in [1.29, 1.82) is 0 Å². The number of phenols is 1. The molecule has 294 valence electrons. The summed E-state index contributed by atoms with van der Waals surface area (Å²) in [6, 6.07) is 15.8. The van der Waals surface area contributed by atoms with Gasteiger partial charge < -0.3 is 14.6 Å². The number of benzene rings is 3. The van der Waals surface area contributed by atoms with Crippen molar-refractivity contribution in [2.75, 3.05) is 24.5 Å². The second-order valence-corrected chi connectivity index (χ2v) is 15.5. The molecule has 8 rings (SSSR count). The highest BCUT2D eigenvalue weighted by Gasteiger charge is 2.71. The Balaban J connectivity index is 1.36. The largest absolute Gasteiger partial charge is 0.508 e. The molecule has 4 aliphatic rings. The van der Waals surface area contributed by atoms with Crippen LogP contribution in [0.15, 0.2) is 84.6 Å².